The average molecular weight is 534 g/mol. The molecule has 6 rings (SSSR count). The fourth-order valence-electron chi connectivity index (χ4n) is 6.23. The number of nitrogens with zero attached hydrogens (tertiary/aromatic N) is 5. The molecular formula is C30H39N5O4. The molecule has 9 heteroatoms. The number of rotatable bonds is 7. The molecule has 0 radical (unpaired) electrons. The van der Waals surface area contributed by atoms with Gasteiger partial charge in [-0.05, 0) is 70.0 Å². The van der Waals surface area contributed by atoms with Crippen LogP contribution >= 0.6 is 0 Å². The van der Waals surface area contributed by atoms with Crippen LogP contribution in [-0.2, 0) is 22.5 Å². The monoisotopic (exact) mass is 533 g/mol. The lowest BCUT2D eigenvalue weighted by Gasteiger charge is -2.37. The van der Waals surface area contributed by atoms with Gasteiger partial charge in [0.1, 0.15) is 5.76 Å². The third-order valence-electron chi connectivity index (χ3n) is 8.60. The zero-order valence-corrected chi connectivity index (χ0v) is 22.9. The number of amides is 1. The SMILES string of the molecule is Cc1oc(-c2ccccc2)nc1CN1CCCC(C(=O)N2CCC(Cc3nc(C4CCOCC4)no3)CC2)C1. The van der Waals surface area contributed by atoms with E-state index in [1.807, 2.05) is 37.3 Å². The van der Waals surface area contributed by atoms with Crippen molar-refractivity contribution < 1.29 is 18.5 Å². The standard InChI is InChI=1S/C30H39N5O4/c1-21-26(31-29(38-21)24-6-3-2-4-7-24)20-34-13-5-8-25(19-34)30(36)35-14-9-22(10-15-35)18-27-32-28(33-39-27)23-11-16-37-17-12-23/h2-4,6-7,22-23,25H,5,8-20H2,1H3. The molecule has 1 atom stereocenters. The number of piperidine rings is 2. The lowest BCUT2D eigenvalue weighted by Crippen LogP contribution is -2.47. The van der Waals surface area contributed by atoms with E-state index in [2.05, 4.69) is 15.0 Å². The van der Waals surface area contributed by atoms with Gasteiger partial charge in [-0.2, -0.15) is 4.98 Å². The second-order valence-corrected chi connectivity index (χ2v) is 11.4. The van der Waals surface area contributed by atoms with Gasteiger partial charge in [-0.3, -0.25) is 9.69 Å². The van der Waals surface area contributed by atoms with Gasteiger partial charge in [0, 0.05) is 57.3 Å². The highest BCUT2D eigenvalue weighted by molar-refractivity contribution is 5.79. The third kappa shape index (κ3) is 6.25. The summed E-state index contributed by atoms with van der Waals surface area (Å²) >= 11 is 0. The highest BCUT2D eigenvalue weighted by Gasteiger charge is 2.32. The Hall–Kier alpha value is -3.04. The Morgan fingerprint density at radius 3 is 2.59 bits per heavy atom. The molecule has 1 unspecified atom stereocenters. The summed E-state index contributed by atoms with van der Waals surface area (Å²) in [6.07, 6.45) is 6.68. The van der Waals surface area contributed by atoms with Crippen LogP contribution in [0, 0.1) is 18.8 Å². The molecule has 208 valence electrons. The number of benzene rings is 1. The van der Waals surface area contributed by atoms with Crippen molar-refractivity contribution in [3.05, 3.63) is 53.5 Å². The number of carbonyl (C=O) groups excluding carboxylic acids is 1. The number of likely N-dealkylation sites (tertiary alicyclic amines) is 2. The smallest absolute Gasteiger partial charge is 0.226 e. The van der Waals surface area contributed by atoms with Crippen molar-refractivity contribution in [3.63, 3.8) is 0 Å². The van der Waals surface area contributed by atoms with Crippen LogP contribution in [0.15, 0.2) is 39.3 Å². The molecule has 0 saturated carbocycles. The van der Waals surface area contributed by atoms with Crippen molar-refractivity contribution in [2.75, 3.05) is 39.4 Å². The molecule has 1 aromatic carbocycles. The Morgan fingerprint density at radius 2 is 1.79 bits per heavy atom. The summed E-state index contributed by atoms with van der Waals surface area (Å²) in [5.74, 6) is 4.27. The molecule has 3 aliphatic rings. The van der Waals surface area contributed by atoms with Crippen molar-refractivity contribution in [3.8, 4) is 11.5 Å². The van der Waals surface area contributed by atoms with Crippen LogP contribution in [0.5, 0.6) is 0 Å². The molecule has 0 aliphatic carbocycles. The van der Waals surface area contributed by atoms with E-state index in [1.165, 1.54) is 0 Å². The van der Waals surface area contributed by atoms with Gasteiger partial charge in [0.25, 0.3) is 0 Å². The highest BCUT2D eigenvalue weighted by atomic mass is 16.5. The van der Waals surface area contributed by atoms with Crippen molar-refractivity contribution in [1.29, 1.82) is 0 Å². The van der Waals surface area contributed by atoms with Gasteiger partial charge in [-0.15, -0.1) is 0 Å². The molecule has 3 fully saturated rings. The first-order valence-electron chi connectivity index (χ1n) is 14.6. The summed E-state index contributed by atoms with van der Waals surface area (Å²) in [5.41, 5.74) is 1.95. The highest BCUT2D eigenvalue weighted by Crippen LogP contribution is 2.29. The molecule has 0 N–H and O–H groups in total. The number of carbonyl (C=O) groups is 1. The molecular weight excluding hydrogens is 494 g/mol. The summed E-state index contributed by atoms with van der Waals surface area (Å²) in [4.78, 5) is 27.4. The molecule has 3 aromatic rings. The molecule has 3 aliphatic heterocycles. The maximum absolute atomic E-state index is 13.5. The fourth-order valence-corrected chi connectivity index (χ4v) is 6.23. The van der Waals surface area contributed by atoms with Crippen molar-refractivity contribution in [2.45, 2.75) is 64.3 Å². The molecule has 3 saturated heterocycles. The number of aryl methyl sites for hydroxylation is 1. The van der Waals surface area contributed by atoms with Gasteiger partial charge in [0.05, 0.1) is 11.6 Å². The van der Waals surface area contributed by atoms with Crippen LogP contribution in [0.1, 0.15) is 67.6 Å². The molecule has 0 spiro atoms. The molecule has 2 aromatic heterocycles. The number of hydrogen-bond donors (Lipinski definition) is 0. The minimum Gasteiger partial charge on any atom is -0.441 e. The maximum Gasteiger partial charge on any atom is 0.226 e. The van der Waals surface area contributed by atoms with E-state index in [1.54, 1.807) is 0 Å². The Kier molecular flexibility index (Phi) is 8.06. The quantitative estimate of drug-likeness (QED) is 0.434. The van der Waals surface area contributed by atoms with Crippen LogP contribution in [0.2, 0.25) is 0 Å². The topological polar surface area (TPSA) is 97.7 Å². The third-order valence-corrected chi connectivity index (χ3v) is 8.60. The zero-order chi connectivity index (χ0) is 26.6. The van der Waals surface area contributed by atoms with Crippen molar-refractivity contribution in [1.82, 2.24) is 24.9 Å². The normalized spacial score (nSPS) is 21.9. The van der Waals surface area contributed by atoms with E-state index >= 15 is 0 Å². The van der Waals surface area contributed by atoms with E-state index in [4.69, 9.17) is 23.6 Å². The predicted molar refractivity (Wildman–Crippen MR) is 145 cm³/mol. The molecule has 5 heterocycles. The lowest BCUT2D eigenvalue weighted by atomic mass is 9.91. The Labute approximate surface area is 229 Å². The van der Waals surface area contributed by atoms with Crippen LogP contribution in [0.4, 0.5) is 0 Å². The van der Waals surface area contributed by atoms with Crippen LogP contribution < -0.4 is 0 Å². The summed E-state index contributed by atoms with van der Waals surface area (Å²) in [7, 11) is 0. The molecule has 9 nitrogen and oxygen atoms in total. The van der Waals surface area contributed by atoms with Crippen molar-refractivity contribution >= 4 is 5.91 Å². The van der Waals surface area contributed by atoms with Gasteiger partial charge in [-0.25, -0.2) is 4.98 Å². The number of oxazole rings is 1. The molecule has 1 amide bonds. The van der Waals surface area contributed by atoms with E-state index in [0.29, 0.717) is 30.2 Å². The summed E-state index contributed by atoms with van der Waals surface area (Å²) < 4.78 is 17.0. The first-order chi connectivity index (χ1) is 19.1. The first kappa shape index (κ1) is 26.2. The van der Waals surface area contributed by atoms with Crippen LogP contribution in [0.3, 0.4) is 0 Å². The van der Waals surface area contributed by atoms with Gasteiger partial charge < -0.3 is 18.6 Å². The second kappa shape index (κ2) is 12.0. The van der Waals surface area contributed by atoms with Gasteiger partial charge >= 0.3 is 0 Å². The number of ether oxygens (including phenoxy) is 1. The largest absolute Gasteiger partial charge is 0.441 e. The Bertz CT molecular complexity index is 1230. The average Bonchev–Trinajstić information content (AvgIpc) is 3.61. The van der Waals surface area contributed by atoms with Gasteiger partial charge in [0.2, 0.25) is 17.7 Å². The Balaban J connectivity index is 0.986. The van der Waals surface area contributed by atoms with E-state index in [-0.39, 0.29) is 5.92 Å². The minimum absolute atomic E-state index is 0.0501. The number of aromatic nitrogens is 3. The van der Waals surface area contributed by atoms with Gasteiger partial charge in [0.15, 0.2) is 5.82 Å². The van der Waals surface area contributed by atoms with Crippen molar-refractivity contribution in [2.24, 2.45) is 11.8 Å². The van der Waals surface area contributed by atoms with E-state index in [9.17, 15) is 4.79 Å². The molecule has 0 bridgehead atoms. The van der Waals surface area contributed by atoms with E-state index in [0.717, 1.165) is 113 Å². The number of hydrogen-bond acceptors (Lipinski definition) is 8. The second-order valence-electron chi connectivity index (χ2n) is 11.4. The fraction of sp³-hybridized carbons (Fsp3) is 0.600. The van der Waals surface area contributed by atoms with Gasteiger partial charge in [-0.1, -0.05) is 23.4 Å². The summed E-state index contributed by atoms with van der Waals surface area (Å²) in [6, 6.07) is 10.0. The first-order valence-corrected chi connectivity index (χ1v) is 14.6. The summed E-state index contributed by atoms with van der Waals surface area (Å²) in [5, 5.41) is 4.25. The maximum atomic E-state index is 13.5. The minimum atomic E-state index is 0.0501. The predicted octanol–water partition coefficient (Wildman–Crippen LogP) is 4.62. The van der Waals surface area contributed by atoms with E-state index < -0.39 is 0 Å². The van der Waals surface area contributed by atoms with Crippen LogP contribution in [-0.4, -0.2) is 70.2 Å². The Morgan fingerprint density at radius 1 is 1.00 bits per heavy atom. The zero-order valence-electron chi connectivity index (χ0n) is 22.9. The lowest BCUT2D eigenvalue weighted by molar-refractivity contribution is -0.138. The molecule has 39 heavy (non-hydrogen) atoms. The summed E-state index contributed by atoms with van der Waals surface area (Å²) in [6.45, 7) is 7.62. The van der Waals surface area contributed by atoms with Crippen LogP contribution in [0.25, 0.3) is 11.5 Å².